The van der Waals surface area contributed by atoms with Crippen LogP contribution in [0.25, 0.3) is 0 Å². The van der Waals surface area contributed by atoms with Gasteiger partial charge in [-0.15, -0.1) is 0 Å². The van der Waals surface area contributed by atoms with E-state index in [0.717, 1.165) is 11.4 Å². The molecule has 7 heteroatoms. The smallest absolute Gasteiger partial charge is 0.279 e. The van der Waals surface area contributed by atoms with Crippen molar-refractivity contribution in [3.05, 3.63) is 54.3 Å². The minimum Gasteiger partial charge on any atom is -0.485 e. The van der Waals surface area contributed by atoms with Gasteiger partial charge in [-0.3, -0.25) is 9.59 Å². The third-order valence-electron chi connectivity index (χ3n) is 3.95. The Morgan fingerprint density at radius 3 is 2.26 bits per heavy atom. The summed E-state index contributed by atoms with van der Waals surface area (Å²) >= 11 is 0. The van der Waals surface area contributed by atoms with Crippen LogP contribution in [-0.4, -0.2) is 38.1 Å². The van der Waals surface area contributed by atoms with E-state index in [1.54, 1.807) is 42.5 Å². The molecule has 0 aromatic heterocycles. The third-order valence-corrected chi connectivity index (χ3v) is 3.95. The summed E-state index contributed by atoms with van der Waals surface area (Å²) in [4.78, 5) is 24.3. The van der Waals surface area contributed by atoms with E-state index in [9.17, 15) is 14.0 Å². The number of halogens is 1. The van der Waals surface area contributed by atoms with Crippen LogP contribution in [0.3, 0.4) is 0 Å². The van der Waals surface area contributed by atoms with E-state index in [4.69, 9.17) is 4.74 Å². The first-order valence-electron chi connectivity index (χ1n) is 8.86. The summed E-state index contributed by atoms with van der Waals surface area (Å²) in [5.74, 6) is -0.440. The minimum atomic E-state index is -0.393. The lowest BCUT2D eigenvalue weighted by Gasteiger charge is -2.17. The Morgan fingerprint density at radius 1 is 1.04 bits per heavy atom. The topological polar surface area (TPSA) is 71.9 Å². The van der Waals surface area contributed by atoms with E-state index in [0.29, 0.717) is 24.5 Å². The van der Waals surface area contributed by atoms with Crippen LogP contribution in [0, 0.1) is 5.82 Å². The maximum absolute atomic E-state index is 13.5. The zero-order valence-electron chi connectivity index (χ0n) is 15.5. The fourth-order valence-electron chi connectivity index (χ4n) is 2.53. The summed E-state index contributed by atoms with van der Waals surface area (Å²) < 4.78 is 19.0. The second-order valence-corrected chi connectivity index (χ2v) is 6.12. The Morgan fingerprint density at radius 2 is 1.67 bits per heavy atom. The molecule has 3 N–H and O–H groups in total. The minimum absolute atomic E-state index is 0.120. The van der Waals surface area contributed by atoms with Crippen LogP contribution < -0.4 is 20.3 Å². The molecule has 1 atom stereocenters. The molecule has 0 radical (unpaired) electrons. The van der Waals surface area contributed by atoms with E-state index in [1.165, 1.54) is 13.0 Å². The summed E-state index contributed by atoms with van der Waals surface area (Å²) in [5.41, 5.74) is 1.33. The second-order valence-electron chi connectivity index (χ2n) is 6.12. The van der Waals surface area contributed by atoms with Gasteiger partial charge >= 0.3 is 0 Å². The first-order chi connectivity index (χ1) is 13.0. The molecule has 2 rings (SSSR count). The van der Waals surface area contributed by atoms with E-state index < -0.39 is 5.82 Å². The van der Waals surface area contributed by atoms with Gasteiger partial charge < -0.3 is 20.3 Å². The molecule has 0 aliphatic carbocycles. The lowest BCUT2D eigenvalue weighted by atomic mass is 10.2. The second kappa shape index (κ2) is 10.3. The molecule has 0 fully saturated rings. The van der Waals surface area contributed by atoms with Crippen LogP contribution in [0.5, 0.6) is 5.75 Å². The highest BCUT2D eigenvalue weighted by Crippen LogP contribution is 2.15. The Balaban J connectivity index is 1.78. The zero-order valence-corrected chi connectivity index (χ0v) is 15.5. The molecule has 0 aliphatic rings. The zero-order chi connectivity index (χ0) is 19.6. The van der Waals surface area contributed by atoms with Crippen LogP contribution in [0.15, 0.2) is 48.5 Å². The van der Waals surface area contributed by atoms with Crippen molar-refractivity contribution in [3.8, 4) is 5.75 Å². The number of hydrogen-bond donors (Lipinski definition) is 3. The SMILES string of the molecule is CC[NH+](CCOc1ccccc1F)CC(=O)Nc1ccc(NC(C)=O)cc1. The molecule has 0 saturated heterocycles. The van der Waals surface area contributed by atoms with Crippen molar-refractivity contribution in [1.82, 2.24) is 0 Å². The lowest BCUT2D eigenvalue weighted by molar-refractivity contribution is -0.889. The molecule has 6 nitrogen and oxygen atoms in total. The number of likely N-dealkylation sites (N-methyl/N-ethyl adjacent to an activating group) is 1. The molecular weight excluding hydrogens is 349 g/mol. The highest BCUT2D eigenvalue weighted by atomic mass is 19.1. The van der Waals surface area contributed by atoms with Gasteiger partial charge in [-0.2, -0.15) is 0 Å². The van der Waals surface area contributed by atoms with Crippen LogP contribution in [-0.2, 0) is 9.59 Å². The Hall–Kier alpha value is -2.93. The van der Waals surface area contributed by atoms with Crippen LogP contribution in [0.1, 0.15) is 13.8 Å². The van der Waals surface area contributed by atoms with Crippen molar-refractivity contribution in [2.45, 2.75) is 13.8 Å². The van der Waals surface area contributed by atoms with E-state index in [2.05, 4.69) is 10.6 Å². The Labute approximate surface area is 158 Å². The van der Waals surface area contributed by atoms with E-state index in [-0.39, 0.29) is 24.1 Å². The largest absolute Gasteiger partial charge is 0.485 e. The van der Waals surface area contributed by atoms with Crippen molar-refractivity contribution in [2.75, 3.05) is 36.9 Å². The van der Waals surface area contributed by atoms with Crippen molar-refractivity contribution in [2.24, 2.45) is 0 Å². The first-order valence-corrected chi connectivity index (χ1v) is 8.86. The summed E-state index contributed by atoms with van der Waals surface area (Å²) in [6, 6.07) is 13.2. The molecule has 1 unspecified atom stereocenters. The van der Waals surface area contributed by atoms with Crippen molar-refractivity contribution >= 4 is 23.2 Å². The van der Waals surface area contributed by atoms with E-state index in [1.807, 2.05) is 6.92 Å². The average molecular weight is 374 g/mol. The van der Waals surface area contributed by atoms with Gasteiger partial charge in [-0.1, -0.05) is 12.1 Å². The average Bonchev–Trinajstić information content (AvgIpc) is 2.63. The number of carbonyl (C=O) groups excluding carboxylic acids is 2. The number of hydrogen-bond acceptors (Lipinski definition) is 3. The molecule has 144 valence electrons. The number of ether oxygens (including phenoxy) is 1. The number of anilines is 2. The highest BCUT2D eigenvalue weighted by Gasteiger charge is 2.13. The predicted octanol–water partition coefficient (Wildman–Crippen LogP) is 1.71. The summed E-state index contributed by atoms with van der Waals surface area (Å²) in [5, 5.41) is 5.50. The van der Waals surface area contributed by atoms with Crippen molar-refractivity contribution in [1.29, 1.82) is 0 Å². The number of nitrogens with one attached hydrogen (secondary N) is 3. The summed E-state index contributed by atoms with van der Waals surface area (Å²) in [6.07, 6.45) is 0. The molecular formula is C20H25FN3O3+. The maximum atomic E-state index is 13.5. The number of carbonyl (C=O) groups is 2. The highest BCUT2D eigenvalue weighted by molar-refractivity contribution is 5.92. The lowest BCUT2D eigenvalue weighted by Crippen LogP contribution is -3.13. The predicted molar refractivity (Wildman–Crippen MR) is 103 cm³/mol. The summed E-state index contributed by atoms with van der Waals surface area (Å²) in [7, 11) is 0. The molecule has 2 amide bonds. The third kappa shape index (κ3) is 7.07. The molecule has 2 aromatic carbocycles. The number of quaternary nitrogens is 1. The van der Waals surface area contributed by atoms with Gasteiger partial charge in [-0.05, 0) is 43.3 Å². The van der Waals surface area contributed by atoms with Gasteiger partial charge in [0.2, 0.25) is 5.91 Å². The first kappa shape index (κ1) is 20.4. The molecule has 2 aromatic rings. The van der Waals surface area contributed by atoms with Gasteiger partial charge in [0.1, 0.15) is 13.2 Å². The molecule has 0 bridgehead atoms. The molecule has 27 heavy (non-hydrogen) atoms. The fraction of sp³-hybridized carbons (Fsp3) is 0.300. The van der Waals surface area contributed by atoms with Gasteiger partial charge in [-0.25, -0.2) is 4.39 Å². The fourth-order valence-corrected chi connectivity index (χ4v) is 2.53. The quantitative estimate of drug-likeness (QED) is 0.626. The number of amides is 2. The maximum Gasteiger partial charge on any atom is 0.279 e. The molecule has 0 spiro atoms. The molecule has 0 saturated carbocycles. The number of benzene rings is 2. The van der Waals surface area contributed by atoms with Crippen molar-refractivity contribution in [3.63, 3.8) is 0 Å². The standard InChI is InChI=1S/C20H24FN3O3/c1-3-24(12-13-27-19-7-5-4-6-18(19)21)14-20(26)23-17-10-8-16(9-11-17)22-15(2)25/h4-11H,3,12-14H2,1-2H3,(H,22,25)(H,23,26)/p+1. The Kier molecular flexibility index (Phi) is 7.76. The monoisotopic (exact) mass is 374 g/mol. The molecule has 0 aliphatic heterocycles. The van der Waals surface area contributed by atoms with Gasteiger partial charge in [0, 0.05) is 18.3 Å². The van der Waals surface area contributed by atoms with Gasteiger partial charge in [0.05, 0.1) is 6.54 Å². The molecule has 0 heterocycles. The van der Waals surface area contributed by atoms with Crippen LogP contribution in [0.4, 0.5) is 15.8 Å². The number of para-hydroxylation sites is 1. The summed E-state index contributed by atoms with van der Waals surface area (Å²) in [6.45, 7) is 5.35. The van der Waals surface area contributed by atoms with Crippen LogP contribution >= 0.6 is 0 Å². The van der Waals surface area contributed by atoms with Crippen molar-refractivity contribution < 1.29 is 23.6 Å². The van der Waals surface area contributed by atoms with Crippen LogP contribution in [0.2, 0.25) is 0 Å². The van der Waals surface area contributed by atoms with E-state index >= 15 is 0 Å². The Bertz CT molecular complexity index is 765. The normalized spacial score (nSPS) is 11.5. The van der Waals surface area contributed by atoms with Gasteiger partial charge in [0.15, 0.2) is 18.1 Å². The number of rotatable bonds is 9. The van der Waals surface area contributed by atoms with Gasteiger partial charge in [0.25, 0.3) is 5.91 Å².